The second-order valence-corrected chi connectivity index (χ2v) is 6.35. The molecule has 1 saturated heterocycles. The topological polar surface area (TPSA) is 32.3 Å². The van der Waals surface area contributed by atoms with E-state index in [1.165, 1.54) is 32.5 Å². The van der Waals surface area contributed by atoms with Crippen LogP contribution in [0.15, 0.2) is 0 Å². The fourth-order valence-electron chi connectivity index (χ4n) is 2.37. The first-order valence-corrected chi connectivity index (χ1v) is 8.12. The molecule has 0 aliphatic carbocycles. The third-order valence-electron chi connectivity index (χ3n) is 3.64. The van der Waals surface area contributed by atoms with E-state index in [0.29, 0.717) is 6.04 Å². The van der Waals surface area contributed by atoms with Gasteiger partial charge >= 0.3 is 0 Å². The fourth-order valence-corrected chi connectivity index (χ4v) is 2.77. The zero-order valence-corrected chi connectivity index (χ0v) is 11.7. The van der Waals surface area contributed by atoms with Gasteiger partial charge in [-0.1, -0.05) is 6.92 Å². The zero-order chi connectivity index (χ0) is 12.0. The Kier molecular flexibility index (Phi) is 6.54. The molecule has 0 saturated carbocycles. The van der Waals surface area contributed by atoms with Gasteiger partial charge in [0.2, 0.25) is 0 Å². The second kappa shape index (κ2) is 7.41. The summed E-state index contributed by atoms with van der Waals surface area (Å²) in [6, 6.07) is 0.572. The van der Waals surface area contributed by atoms with Crippen molar-refractivity contribution < 1.29 is 4.21 Å². The molecule has 3 nitrogen and oxygen atoms in total. The molecule has 96 valence electrons. The zero-order valence-electron chi connectivity index (χ0n) is 10.9. The molecule has 0 aromatic heterocycles. The van der Waals surface area contributed by atoms with Crippen molar-refractivity contribution in [2.24, 2.45) is 5.92 Å². The summed E-state index contributed by atoms with van der Waals surface area (Å²) in [5.41, 5.74) is 0. The molecule has 1 heterocycles. The van der Waals surface area contributed by atoms with E-state index in [-0.39, 0.29) is 0 Å². The Labute approximate surface area is 102 Å². The molecule has 0 bridgehead atoms. The van der Waals surface area contributed by atoms with Gasteiger partial charge in [-0.25, -0.2) is 0 Å². The number of hydrogen-bond donors (Lipinski definition) is 1. The molecule has 1 aliphatic rings. The van der Waals surface area contributed by atoms with Crippen molar-refractivity contribution in [3.8, 4) is 0 Å². The summed E-state index contributed by atoms with van der Waals surface area (Å²) in [6.07, 6.45) is 4.38. The maximum Gasteiger partial charge on any atom is 0.0357 e. The minimum Gasteiger partial charge on any atom is -0.313 e. The lowest BCUT2D eigenvalue weighted by Crippen LogP contribution is -2.42. The van der Waals surface area contributed by atoms with Crippen LogP contribution in [0.25, 0.3) is 0 Å². The Morgan fingerprint density at radius 2 is 2.06 bits per heavy atom. The minimum absolute atomic E-state index is 0.572. The van der Waals surface area contributed by atoms with Gasteiger partial charge < -0.3 is 10.2 Å². The first-order chi connectivity index (χ1) is 7.63. The third kappa shape index (κ3) is 4.93. The van der Waals surface area contributed by atoms with Gasteiger partial charge in [0.25, 0.3) is 0 Å². The van der Waals surface area contributed by atoms with Crippen LogP contribution in [0, 0.1) is 5.92 Å². The normalized spacial score (nSPS) is 23.2. The molecular weight excluding hydrogens is 220 g/mol. The smallest absolute Gasteiger partial charge is 0.0357 e. The maximum atomic E-state index is 10.9. The molecule has 0 aromatic carbocycles. The molecule has 0 spiro atoms. The Hall–Kier alpha value is 0.0700. The standard InChI is InChI=1S/C12H26N2OS/c1-4-14-8-5-12(6-9-14)11(2)13-7-10-16(3)15/h11-13H,4-10H2,1-3H3. The van der Waals surface area contributed by atoms with Crippen molar-refractivity contribution in [1.82, 2.24) is 10.2 Å². The van der Waals surface area contributed by atoms with Gasteiger partial charge in [0.15, 0.2) is 0 Å². The van der Waals surface area contributed by atoms with Crippen molar-refractivity contribution in [2.75, 3.05) is 38.2 Å². The maximum absolute atomic E-state index is 10.9. The van der Waals surface area contributed by atoms with Gasteiger partial charge in [0, 0.05) is 35.4 Å². The predicted octanol–water partition coefficient (Wildman–Crippen LogP) is 1.07. The largest absolute Gasteiger partial charge is 0.313 e. The Balaban J connectivity index is 2.17. The van der Waals surface area contributed by atoms with E-state index in [9.17, 15) is 4.21 Å². The summed E-state index contributed by atoms with van der Waals surface area (Å²) in [4.78, 5) is 2.52. The highest BCUT2D eigenvalue weighted by Crippen LogP contribution is 2.20. The molecule has 0 radical (unpaired) electrons. The molecule has 2 atom stereocenters. The Bertz CT molecular complexity index is 215. The molecule has 1 aliphatic heterocycles. The van der Waals surface area contributed by atoms with Crippen LogP contribution in [0.5, 0.6) is 0 Å². The lowest BCUT2D eigenvalue weighted by atomic mass is 9.90. The van der Waals surface area contributed by atoms with Crippen LogP contribution in [-0.2, 0) is 10.8 Å². The quantitative estimate of drug-likeness (QED) is 0.761. The number of hydrogen-bond acceptors (Lipinski definition) is 3. The summed E-state index contributed by atoms with van der Waals surface area (Å²) >= 11 is 0. The summed E-state index contributed by atoms with van der Waals surface area (Å²) in [6.45, 7) is 9.06. The SMILES string of the molecule is CCN1CCC(C(C)NCCS(C)=O)CC1. The van der Waals surface area contributed by atoms with E-state index >= 15 is 0 Å². The summed E-state index contributed by atoms with van der Waals surface area (Å²) in [7, 11) is -0.665. The van der Waals surface area contributed by atoms with Crippen LogP contribution in [0.4, 0.5) is 0 Å². The second-order valence-electron chi connectivity index (χ2n) is 4.79. The van der Waals surface area contributed by atoms with E-state index in [1.54, 1.807) is 6.26 Å². The van der Waals surface area contributed by atoms with Gasteiger partial charge in [0.05, 0.1) is 0 Å². The van der Waals surface area contributed by atoms with Gasteiger partial charge in [-0.3, -0.25) is 4.21 Å². The third-order valence-corrected chi connectivity index (χ3v) is 4.42. The number of rotatable bonds is 6. The molecule has 0 amide bonds. The van der Waals surface area contributed by atoms with Crippen molar-refractivity contribution >= 4 is 10.8 Å². The molecular formula is C12H26N2OS. The van der Waals surface area contributed by atoms with E-state index < -0.39 is 10.8 Å². The highest BCUT2D eigenvalue weighted by atomic mass is 32.2. The summed E-state index contributed by atoms with van der Waals surface area (Å²) in [5, 5.41) is 3.50. The van der Waals surface area contributed by atoms with Crippen LogP contribution in [0.3, 0.4) is 0 Å². The monoisotopic (exact) mass is 246 g/mol. The number of likely N-dealkylation sites (tertiary alicyclic amines) is 1. The van der Waals surface area contributed by atoms with Crippen molar-refractivity contribution in [3.63, 3.8) is 0 Å². The first kappa shape index (κ1) is 14.1. The van der Waals surface area contributed by atoms with Crippen molar-refractivity contribution in [2.45, 2.75) is 32.7 Å². The first-order valence-electron chi connectivity index (χ1n) is 6.39. The average Bonchev–Trinajstić information content (AvgIpc) is 2.28. The Morgan fingerprint density at radius 3 is 2.56 bits per heavy atom. The molecule has 16 heavy (non-hydrogen) atoms. The van der Waals surface area contributed by atoms with Gasteiger partial charge in [-0.15, -0.1) is 0 Å². The molecule has 1 rings (SSSR count). The highest BCUT2D eigenvalue weighted by Gasteiger charge is 2.22. The predicted molar refractivity (Wildman–Crippen MR) is 71.2 cm³/mol. The number of nitrogens with zero attached hydrogens (tertiary/aromatic N) is 1. The fraction of sp³-hybridized carbons (Fsp3) is 1.00. The Morgan fingerprint density at radius 1 is 1.44 bits per heavy atom. The number of nitrogens with one attached hydrogen (secondary N) is 1. The van der Waals surface area contributed by atoms with E-state index in [4.69, 9.17) is 0 Å². The molecule has 4 heteroatoms. The minimum atomic E-state index is -0.665. The van der Waals surface area contributed by atoms with Crippen LogP contribution in [0.1, 0.15) is 26.7 Å². The molecule has 2 unspecified atom stereocenters. The number of piperidine rings is 1. The van der Waals surface area contributed by atoms with Crippen LogP contribution in [0.2, 0.25) is 0 Å². The molecule has 1 fully saturated rings. The lowest BCUT2D eigenvalue weighted by Gasteiger charge is -2.34. The van der Waals surface area contributed by atoms with E-state index in [1.807, 2.05) is 0 Å². The molecule has 1 N–H and O–H groups in total. The van der Waals surface area contributed by atoms with Gasteiger partial charge in [0.1, 0.15) is 0 Å². The van der Waals surface area contributed by atoms with Crippen LogP contribution >= 0.6 is 0 Å². The van der Waals surface area contributed by atoms with Gasteiger partial charge in [-0.2, -0.15) is 0 Å². The van der Waals surface area contributed by atoms with Crippen LogP contribution in [-0.4, -0.2) is 53.3 Å². The van der Waals surface area contributed by atoms with Gasteiger partial charge in [-0.05, 0) is 45.3 Å². The van der Waals surface area contributed by atoms with Crippen LogP contribution < -0.4 is 5.32 Å². The summed E-state index contributed by atoms with van der Waals surface area (Å²) in [5.74, 6) is 1.58. The highest BCUT2D eigenvalue weighted by molar-refractivity contribution is 7.84. The van der Waals surface area contributed by atoms with Crippen molar-refractivity contribution in [1.29, 1.82) is 0 Å². The van der Waals surface area contributed by atoms with Crippen molar-refractivity contribution in [3.05, 3.63) is 0 Å². The molecule has 0 aromatic rings. The van der Waals surface area contributed by atoms with E-state index in [0.717, 1.165) is 18.2 Å². The van der Waals surface area contributed by atoms with E-state index in [2.05, 4.69) is 24.1 Å². The summed E-state index contributed by atoms with van der Waals surface area (Å²) < 4.78 is 10.9. The lowest BCUT2D eigenvalue weighted by molar-refractivity contribution is 0.170. The average molecular weight is 246 g/mol.